The largest absolute Gasteiger partial charge is 0.480 e. The predicted molar refractivity (Wildman–Crippen MR) is 71.7 cm³/mol. The summed E-state index contributed by atoms with van der Waals surface area (Å²) in [6.45, 7) is 7.88. The van der Waals surface area contributed by atoms with Gasteiger partial charge in [-0.3, -0.25) is 4.79 Å². The molecule has 4 heteroatoms. The molecule has 0 bridgehead atoms. The summed E-state index contributed by atoms with van der Waals surface area (Å²) in [4.78, 5) is 11.4. The molecule has 0 aliphatic heterocycles. The Morgan fingerprint density at radius 1 is 1.56 bits per heavy atom. The van der Waals surface area contributed by atoms with Gasteiger partial charge in [0, 0.05) is 13.0 Å². The first-order valence-corrected chi connectivity index (χ1v) is 7.10. The lowest BCUT2D eigenvalue weighted by Gasteiger charge is -2.25. The van der Waals surface area contributed by atoms with Crippen LogP contribution in [0.4, 0.5) is 0 Å². The van der Waals surface area contributed by atoms with Crippen molar-refractivity contribution in [3.05, 3.63) is 0 Å². The summed E-state index contributed by atoms with van der Waals surface area (Å²) in [6, 6.07) is 0. The minimum absolute atomic E-state index is 0.101. The second kappa shape index (κ2) is 7.10. The van der Waals surface area contributed by atoms with Crippen LogP contribution in [0.15, 0.2) is 0 Å². The number of aliphatic carboxylic acids is 1. The molecule has 4 nitrogen and oxygen atoms in total. The number of carbonyl (C=O) groups is 1. The van der Waals surface area contributed by atoms with Crippen molar-refractivity contribution in [2.24, 2.45) is 5.92 Å². The molecular weight excluding hydrogens is 230 g/mol. The van der Waals surface area contributed by atoms with Gasteiger partial charge in [-0.1, -0.05) is 20.8 Å². The van der Waals surface area contributed by atoms with Gasteiger partial charge >= 0.3 is 5.97 Å². The average molecular weight is 257 g/mol. The first-order valence-electron chi connectivity index (χ1n) is 7.10. The van der Waals surface area contributed by atoms with Crippen LogP contribution >= 0.6 is 0 Å². The first-order chi connectivity index (χ1) is 8.50. The lowest BCUT2D eigenvalue weighted by atomic mass is 9.97. The van der Waals surface area contributed by atoms with Crippen molar-refractivity contribution in [2.45, 2.75) is 64.5 Å². The molecule has 1 aliphatic rings. The van der Waals surface area contributed by atoms with E-state index in [2.05, 4.69) is 19.2 Å². The number of nitrogens with one attached hydrogen (secondary N) is 1. The van der Waals surface area contributed by atoms with Crippen LogP contribution in [0.3, 0.4) is 0 Å². The quantitative estimate of drug-likeness (QED) is 0.701. The molecule has 1 fully saturated rings. The Balaban J connectivity index is 2.42. The van der Waals surface area contributed by atoms with Gasteiger partial charge in [-0.2, -0.15) is 0 Å². The van der Waals surface area contributed by atoms with Gasteiger partial charge in [-0.05, 0) is 38.1 Å². The lowest BCUT2D eigenvalue weighted by Crippen LogP contribution is -2.50. The minimum Gasteiger partial charge on any atom is -0.480 e. The summed E-state index contributed by atoms with van der Waals surface area (Å²) >= 11 is 0. The Bertz CT molecular complexity index is 268. The lowest BCUT2D eigenvalue weighted by molar-refractivity contribution is -0.145. The Hall–Kier alpha value is -0.610. The molecule has 18 heavy (non-hydrogen) atoms. The summed E-state index contributed by atoms with van der Waals surface area (Å²) < 4.78 is 5.80. The summed E-state index contributed by atoms with van der Waals surface area (Å²) in [5.74, 6) is -0.0974. The van der Waals surface area contributed by atoms with E-state index in [1.165, 1.54) is 0 Å². The maximum Gasteiger partial charge on any atom is 0.323 e. The highest BCUT2D eigenvalue weighted by Crippen LogP contribution is 2.32. The van der Waals surface area contributed by atoms with Crippen LogP contribution in [0.2, 0.25) is 0 Å². The van der Waals surface area contributed by atoms with Gasteiger partial charge in [-0.25, -0.2) is 0 Å². The molecule has 1 saturated carbocycles. The molecule has 0 amide bonds. The van der Waals surface area contributed by atoms with Gasteiger partial charge in [0.1, 0.15) is 5.54 Å². The molecule has 0 aromatic rings. The fourth-order valence-corrected chi connectivity index (χ4v) is 2.41. The van der Waals surface area contributed by atoms with Crippen molar-refractivity contribution < 1.29 is 14.6 Å². The fourth-order valence-electron chi connectivity index (χ4n) is 2.41. The number of ether oxygens (including phenoxy) is 1. The molecule has 2 unspecified atom stereocenters. The van der Waals surface area contributed by atoms with Gasteiger partial charge in [0.25, 0.3) is 0 Å². The Morgan fingerprint density at radius 2 is 2.28 bits per heavy atom. The van der Waals surface area contributed by atoms with Crippen LogP contribution in [0.5, 0.6) is 0 Å². The number of rotatable bonds is 8. The molecule has 0 aromatic heterocycles. The maximum atomic E-state index is 11.4. The monoisotopic (exact) mass is 257 g/mol. The molecule has 2 atom stereocenters. The van der Waals surface area contributed by atoms with Crippen LogP contribution in [0.1, 0.15) is 52.9 Å². The fraction of sp³-hybridized carbons (Fsp3) is 0.929. The van der Waals surface area contributed by atoms with Crippen LogP contribution in [-0.2, 0) is 9.53 Å². The highest BCUT2D eigenvalue weighted by molar-refractivity contribution is 5.79. The van der Waals surface area contributed by atoms with E-state index in [1.807, 2.05) is 6.92 Å². The highest BCUT2D eigenvalue weighted by atomic mass is 16.5. The third-order valence-corrected chi connectivity index (χ3v) is 3.64. The minimum atomic E-state index is -0.751. The molecule has 0 radical (unpaired) electrons. The van der Waals surface area contributed by atoms with Gasteiger partial charge in [0.05, 0.1) is 6.10 Å². The van der Waals surface area contributed by atoms with Crippen LogP contribution in [-0.4, -0.2) is 35.9 Å². The van der Waals surface area contributed by atoms with Crippen molar-refractivity contribution in [1.29, 1.82) is 0 Å². The Morgan fingerprint density at radius 3 is 2.83 bits per heavy atom. The molecule has 0 aromatic carbocycles. The normalized spacial score (nSPS) is 27.9. The average Bonchev–Trinajstić information content (AvgIpc) is 2.71. The molecule has 0 heterocycles. The first kappa shape index (κ1) is 15.4. The van der Waals surface area contributed by atoms with E-state index in [9.17, 15) is 9.90 Å². The number of hydrogen-bond acceptors (Lipinski definition) is 3. The van der Waals surface area contributed by atoms with Gasteiger partial charge in [-0.15, -0.1) is 0 Å². The topological polar surface area (TPSA) is 58.6 Å². The Labute approximate surface area is 110 Å². The summed E-state index contributed by atoms with van der Waals surface area (Å²) in [7, 11) is 0. The second-order valence-corrected chi connectivity index (χ2v) is 5.73. The smallest absolute Gasteiger partial charge is 0.323 e. The Kier molecular flexibility index (Phi) is 6.09. The molecule has 2 N–H and O–H groups in total. The SMILES string of the molecule is CCCNC1(C(=O)O)CCC(OCCC(C)C)C1. The summed E-state index contributed by atoms with van der Waals surface area (Å²) in [6.07, 6.45) is 4.22. The van der Waals surface area contributed by atoms with E-state index >= 15 is 0 Å². The van der Waals surface area contributed by atoms with Crippen LogP contribution < -0.4 is 5.32 Å². The van der Waals surface area contributed by atoms with Gasteiger partial charge in [0.15, 0.2) is 0 Å². The van der Waals surface area contributed by atoms with E-state index < -0.39 is 11.5 Å². The molecule has 1 rings (SSSR count). The number of carboxylic acid groups (broad SMARTS) is 1. The zero-order chi connectivity index (χ0) is 13.6. The molecule has 1 aliphatic carbocycles. The zero-order valence-electron chi connectivity index (χ0n) is 11.9. The molecular formula is C14H27NO3. The zero-order valence-corrected chi connectivity index (χ0v) is 11.9. The van der Waals surface area contributed by atoms with Crippen LogP contribution in [0, 0.1) is 5.92 Å². The second-order valence-electron chi connectivity index (χ2n) is 5.73. The van der Waals surface area contributed by atoms with Crippen molar-refractivity contribution in [2.75, 3.05) is 13.2 Å². The maximum absolute atomic E-state index is 11.4. The van der Waals surface area contributed by atoms with Gasteiger partial charge < -0.3 is 15.2 Å². The third kappa shape index (κ3) is 4.25. The van der Waals surface area contributed by atoms with Gasteiger partial charge in [0.2, 0.25) is 0 Å². The third-order valence-electron chi connectivity index (χ3n) is 3.64. The van der Waals surface area contributed by atoms with E-state index in [1.54, 1.807) is 0 Å². The van der Waals surface area contributed by atoms with Crippen molar-refractivity contribution >= 4 is 5.97 Å². The number of carboxylic acids is 1. The highest BCUT2D eigenvalue weighted by Gasteiger charge is 2.45. The van der Waals surface area contributed by atoms with Crippen LogP contribution in [0.25, 0.3) is 0 Å². The summed E-state index contributed by atoms with van der Waals surface area (Å²) in [5.41, 5.74) is -0.751. The van der Waals surface area contributed by atoms with Crippen molar-refractivity contribution in [1.82, 2.24) is 5.32 Å². The van der Waals surface area contributed by atoms with E-state index in [0.717, 1.165) is 32.4 Å². The molecule has 106 valence electrons. The summed E-state index contributed by atoms with van der Waals surface area (Å²) in [5, 5.41) is 12.6. The van der Waals surface area contributed by atoms with Crippen molar-refractivity contribution in [3.63, 3.8) is 0 Å². The van der Waals surface area contributed by atoms with E-state index in [0.29, 0.717) is 18.8 Å². The molecule has 0 saturated heterocycles. The van der Waals surface area contributed by atoms with Crippen molar-refractivity contribution in [3.8, 4) is 0 Å². The van der Waals surface area contributed by atoms with E-state index in [4.69, 9.17) is 4.74 Å². The molecule has 0 spiro atoms. The predicted octanol–water partition coefficient (Wildman–Crippen LogP) is 2.42. The number of hydrogen-bond donors (Lipinski definition) is 2. The van der Waals surface area contributed by atoms with E-state index in [-0.39, 0.29) is 6.10 Å². The standard InChI is InChI=1S/C14H27NO3/c1-4-8-15-14(13(16)17)7-5-12(10-14)18-9-6-11(2)3/h11-12,15H,4-10H2,1-3H3,(H,16,17).